The van der Waals surface area contributed by atoms with E-state index in [9.17, 15) is 8.42 Å². The zero-order valence-electron chi connectivity index (χ0n) is 21.5. The summed E-state index contributed by atoms with van der Waals surface area (Å²) in [6, 6.07) is 0. The van der Waals surface area contributed by atoms with Crippen molar-refractivity contribution < 1.29 is 12.6 Å². The third kappa shape index (κ3) is 4.61. The lowest BCUT2D eigenvalue weighted by Crippen LogP contribution is -2.51. The Kier molecular flexibility index (Phi) is 6.98. The summed E-state index contributed by atoms with van der Waals surface area (Å²) in [5, 5.41) is 0. The summed E-state index contributed by atoms with van der Waals surface area (Å²) in [7, 11) is -3.38. The smallest absolute Gasteiger partial charge is 0.264 e. The van der Waals surface area contributed by atoms with Gasteiger partial charge in [-0.1, -0.05) is 65.5 Å². The minimum absolute atomic E-state index is 0.155. The van der Waals surface area contributed by atoms with E-state index in [0.717, 1.165) is 54.8 Å². The van der Waals surface area contributed by atoms with Crippen molar-refractivity contribution in [3.05, 3.63) is 11.6 Å². The van der Waals surface area contributed by atoms with Crippen molar-refractivity contribution in [2.24, 2.45) is 46.3 Å². The molecule has 0 N–H and O–H groups in total. The Morgan fingerprint density at radius 2 is 1.78 bits per heavy atom. The Morgan fingerprint density at radius 1 is 1.03 bits per heavy atom. The zero-order chi connectivity index (χ0) is 23.3. The highest BCUT2D eigenvalue weighted by atomic mass is 32.2. The number of fused-ring (bicyclic) bond motifs is 5. The van der Waals surface area contributed by atoms with Crippen LogP contribution >= 0.6 is 0 Å². The fourth-order valence-corrected chi connectivity index (χ4v) is 9.64. The molecule has 0 heterocycles. The van der Waals surface area contributed by atoms with Crippen LogP contribution in [0.5, 0.6) is 0 Å². The van der Waals surface area contributed by atoms with Crippen LogP contribution in [0.3, 0.4) is 0 Å². The van der Waals surface area contributed by atoms with E-state index in [1.807, 2.05) is 0 Å². The number of allylic oxidation sites excluding steroid dienone is 1. The molecule has 3 saturated carbocycles. The molecule has 0 spiro atoms. The van der Waals surface area contributed by atoms with Gasteiger partial charge < -0.3 is 0 Å². The van der Waals surface area contributed by atoms with Gasteiger partial charge in [-0.15, -0.1) is 0 Å². The van der Waals surface area contributed by atoms with Crippen LogP contribution in [0.1, 0.15) is 105 Å². The second-order valence-corrected chi connectivity index (χ2v) is 14.6. The van der Waals surface area contributed by atoms with Crippen LogP contribution in [0.2, 0.25) is 0 Å². The molecule has 0 radical (unpaired) electrons. The molecular weight excluding hydrogens is 416 g/mol. The first-order valence-electron chi connectivity index (χ1n) is 13.5. The fraction of sp³-hybridized carbons (Fsp3) is 0.929. The predicted octanol–water partition coefficient (Wildman–Crippen LogP) is 7.37. The SMILES string of the molecule is CC(C)CCC[C@@H](C)C1CCC2[C@H]3CC=C4C[C@H](OS(C)(=O)=O)CCC4(C)C3CCC21C. The Bertz CT molecular complexity index is 815. The van der Waals surface area contributed by atoms with E-state index in [1.54, 1.807) is 0 Å². The van der Waals surface area contributed by atoms with Crippen LogP contribution in [0, 0.1) is 46.3 Å². The van der Waals surface area contributed by atoms with Crippen LogP contribution in [0.4, 0.5) is 0 Å². The summed E-state index contributed by atoms with van der Waals surface area (Å²) in [5.74, 6) is 5.05. The molecule has 0 aromatic heterocycles. The summed E-state index contributed by atoms with van der Waals surface area (Å²) in [6.07, 6.45) is 17.3. The molecule has 0 aliphatic heterocycles. The minimum Gasteiger partial charge on any atom is -0.267 e. The Morgan fingerprint density at radius 3 is 2.47 bits per heavy atom. The van der Waals surface area contributed by atoms with Crippen LogP contribution in [-0.2, 0) is 14.3 Å². The third-order valence-electron chi connectivity index (χ3n) is 10.6. The second-order valence-electron chi connectivity index (χ2n) is 13.0. The van der Waals surface area contributed by atoms with Crippen molar-refractivity contribution in [3.63, 3.8) is 0 Å². The lowest BCUT2D eigenvalue weighted by molar-refractivity contribution is -0.0556. The van der Waals surface area contributed by atoms with Crippen LogP contribution < -0.4 is 0 Å². The highest BCUT2D eigenvalue weighted by Gasteiger charge is 2.59. The van der Waals surface area contributed by atoms with Crippen molar-refractivity contribution >= 4 is 10.1 Å². The van der Waals surface area contributed by atoms with Gasteiger partial charge in [0.15, 0.2) is 0 Å². The van der Waals surface area contributed by atoms with E-state index in [-0.39, 0.29) is 11.5 Å². The molecule has 4 heteroatoms. The molecule has 0 amide bonds. The molecule has 0 aromatic carbocycles. The third-order valence-corrected chi connectivity index (χ3v) is 11.2. The summed E-state index contributed by atoms with van der Waals surface area (Å²) in [4.78, 5) is 0. The maximum Gasteiger partial charge on any atom is 0.264 e. The summed E-state index contributed by atoms with van der Waals surface area (Å²) in [5.41, 5.74) is 2.28. The molecule has 4 rings (SSSR count). The molecule has 184 valence electrons. The Balaban J connectivity index is 1.47. The van der Waals surface area contributed by atoms with Crippen LogP contribution in [0.15, 0.2) is 11.6 Å². The minimum atomic E-state index is -3.38. The molecule has 3 nitrogen and oxygen atoms in total. The first kappa shape index (κ1) is 24.8. The molecule has 0 bridgehead atoms. The summed E-state index contributed by atoms with van der Waals surface area (Å²) >= 11 is 0. The summed E-state index contributed by atoms with van der Waals surface area (Å²) in [6.45, 7) is 12.4. The van der Waals surface area contributed by atoms with Gasteiger partial charge in [0.2, 0.25) is 0 Å². The van der Waals surface area contributed by atoms with Gasteiger partial charge in [0.25, 0.3) is 10.1 Å². The number of rotatable bonds is 7. The van der Waals surface area contributed by atoms with Crippen molar-refractivity contribution in [2.45, 2.75) is 111 Å². The van der Waals surface area contributed by atoms with Crippen molar-refractivity contribution in [2.75, 3.05) is 6.26 Å². The van der Waals surface area contributed by atoms with Crippen LogP contribution in [-0.4, -0.2) is 20.8 Å². The number of hydrogen-bond donors (Lipinski definition) is 0. The largest absolute Gasteiger partial charge is 0.267 e. The van der Waals surface area contributed by atoms with Gasteiger partial charge in [-0.05, 0) is 97.7 Å². The maximum atomic E-state index is 11.7. The quantitative estimate of drug-likeness (QED) is 0.292. The average Bonchev–Trinajstić information content (AvgIpc) is 3.04. The predicted molar refractivity (Wildman–Crippen MR) is 133 cm³/mol. The standard InChI is InChI=1S/C28H48O3S/c1-19(2)8-7-9-20(3)24-12-13-25-23-11-10-21-18-22(31-32(6,29)30)14-16-27(21,4)26(23)15-17-28(24,25)5/h10,19-20,22-26H,7-9,11-18H2,1-6H3/t20-,22-,23-,24?,25?,26?,27?,28?/m1/s1. The first-order chi connectivity index (χ1) is 14.9. The van der Waals surface area contributed by atoms with Gasteiger partial charge >= 0.3 is 0 Å². The van der Waals surface area contributed by atoms with E-state index in [1.165, 1.54) is 63.2 Å². The molecule has 4 aliphatic rings. The van der Waals surface area contributed by atoms with Crippen LogP contribution in [0.25, 0.3) is 0 Å². The monoisotopic (exact) mass is 464 g/mol. The van der Waals surface area contributed by atoms with E-state index < -0.39 is 10.1 Å². The van der Waals surface area contributed by atoms with Crippen molar-refractivity contribution in [1.82, 2.24) is 0 Å². The topological polar surface area (TPSA) is 43.4 Å². The highest BCUT2D eigenvalue weighted by molar-refractivity contribution is 7.86. The van der Waals surface area contributed by atoms with Gasteiger partial charge in [0.1, 0.15) is 0 Å². The molecule has 8 atom stereocenters. The van der Waals surface area contributed by atoms with E-state index in [2.05, 4.69) is 40.7 Å². The van der Waals surface area contributed by atoms with Crippen molar-refractivity contribution in [1.29, 1.82) is 0 Å². The lowest BCUT2D eigenvalue weighted by Gasteiger charge is -2.58. The van der Waals surface area contributed by atoms with E-state index in [4.69, 9.17) is 4.18 Å². The molecular formula is C28H48O3S. The molecule has 32 heavy (non-hydrogen) atoms. The Hall–Kier alpha value is -0.350. The lowest BCUT2D eigenvalue weighted by atomic mass is 9.47. The molecule has 0 aromatic rings. The molecule has 3 fully saturated rings. The normalized spacial score (nSPS) is 42.7. The molecule has 4 aliphatic carbocycles. The zero-order valence-corrected chi connectivity index (χ0v) is 22.3. The van der Waals surface area contributed by atoms with Crippen molar-refractivity contribution in [3.8, 4) is 0 Å². The van der Waals surface area contributed by atoms with Gasteiger partial charge in [0.05, 0.1) is 12.4 Å². The maximum absolute atomic E-state index is 11.7. The molecule has 5 unspecified atom stereocenters. The van der Waals surface area contributed by atoms with E-state index in [0.29, 0.717) is 5.41 Å². The van der Waals surface area contributed by atoms with Gasteiger partial charge in [-0.25, -0.2) is 0 Å². The number of hydrogen-bond acceptors (Lipinski definition) is 3. The molecule has 0 saturated heterocycles. The van der Waals surface area contributed by atoms with Gasteiger partial charge in [-0.2, -0.15) is 8.42 Å². The second kappa shape index (κ2) is 9.02. The van der Waals surface area contributed by atoms with Gasteiger partial charge in [-0.3, -0.25) is 4.18 Å². The van der Waals surface area contributed by atoms with E-state index >= 15 is 0 Å². The Labute approximate surface area is 198 Å². The average molecular weight is 465 g/mol. The van der Waals surface area contributed by atoms with Gasteiger partial charge in [0, 0.05) is 0 Å². The first-order valence-corrected chi connectivity index (χ1v) is 15.3. The highest BCUT2D eigenvalue weighted by Crippen LogP contribution is 2.67. The fourth-order valence-electron chi connectivity index (χ4n) is 8.98. The summed E-state index contributed by atoms with van der Waals surface area (Å²) < 4.78 is 28.8.